The van der Waals surface area contributed by atoms with Crippen LogP contribution in [0.1, 0.15) is 35.1 Å². The Balaban J connectivity index is 1.57. The molecule has 1 saturated heterocycles. The van der Waals surface area contributed by atoms with E-state index in [4.69, 9.17) is 9.72 Å². The van der Waals surface area contributed by atoms with Crippen LogP contribution in [0, 0.1) is 0 Å². The molecule has 8 nitrogen and oxygen atoms in total. The largest absolute Gasteiger partial charge is 0.378 e. The maximum Gasteiger partial charge on any atom is 0.273 e. The van der Waals surface area contributed by atoms with E-state index in [1.807, 2.05) is 23.1 Å². The van der Waals surface area contributed by atoms with Crippen molar-refractivity contribution in [1.82, 2.24) is 19.9 Å². The molecule has 2 aromatic rings. The fraction of sp³-hybridized carbons (Fsp3) is 0.500. The zero-order valence-electron chi connectivity index (χ0n) is 16.2. The molecule has 4 heterocycles. The van der Waals surface area contributed by atoms with Crippen molar-refractivity contribution in [2.24, 2.45) is 0 Å². The molecule has 2 aromatic heterocycles. The van der Waals surface area contributed by atoms with E-state index in [1.165, 1.54) is 0 Å². The molecule has 148 valence electrons. The van der Waals surface area contributed by atoms with Gasteiger partial charge in [-0.05, 0) is 18.6 Å². The molecule has 2 aliphatic heterocycles. The summed E-state index contributed by atoms with van der Waals surface area (Å²) in [4.78, 5) is 30.5. The molecule has 0 saturated carbocycles. The van der Waals surface area contributed by atoms with Crippen molar-refractivity contribution in [2.45, 2.75) is 26.3 Å². The van der Waals surface area contributed by atoms with Crippen molar-refractivity contribution in [3.8, 4) is 0 Å². The number of carbonyl (C=O) groups is 1. The lowest BCUT2D eigenvalue weighted by Gasteiger charge is -2.27. The molecule has 2 aliphatic rings. The highest BCUT2D eigenvalue weighted by Gasteiger charge is 2.33. The van der Waals surface area contributed by atoms with Gasteiger partial charge in [-0.2, -0.15) is 4.98 Å². The van der Waals surface area contributed by atoms with Crippen molar-refractivity contribution in [3.05, 3.63) is 41.3 Å². The van der Waals surface area contributed by atoms with Crippen molar-refractivity contribution in [2.75, 3.05) is 49.6 Å². The third kappa shape index (κ3) is 3.91. The lowest BCUT2D eigenvalue weighted by Crippen LogP contribution is -2.37. The first-order chi connectivity index (χ1) is 13.8. The van der Waals surface area contributed by atoms with Crippen LogP contribution in [0.15, 0.2) is 24.4 Å². The van der Waals surface area contributed by atoms with E-state index in [1.54, 1.807) is 6.20 Å². The molecule has 0 unspecified atom stereocenters. The molecule has 28 heavy (non-hydrogen) atoms. The number of hydrogen-bond donors (Lipinski definition) is 1. The van der Waals surface area contributed by atoms with Gasteiger partial charge in [0.15, 0.2) is 0 Å². The maximum absolute atomic E-state index is 12.8. The minimum Gasteiger partial charge on any atom is -0.378 e. The highest BCUT2D eigenvalue weighted by atomic mass is 16.5. The molecule has 0 spiro atoms. The Morgan fingerprint density at radius 3 is 2.82 bits per heavy atom. The number of rotatable bonds is 7. The van der Waals surface area contributed by atoms with E-state index in [0.29, 0.717) is 37.9 Å². The second-order valence-electron chi connectivity index (χ2n) is 7.02. The molecule has 0 radical (unpaired) electrons. The number of ether oxygens (including phenoxy) is 1. The quantitative estimate of drug-likeness (QED) is 0.781. The summed E-state index contributed by atoms with van der Waals surface area (Å²) >= 11 is 0. The Hall–Kier alpha value is -2.74. The van der Waals surface area contributed by atoms with Crippen LogP contribution in [-0.2, 0) is 17.7 Å². The Labute approximate surface area is 164 Å². The first kappa shape index (κ1) is 18.6. The number of aromatic nitrogens is 3. The number of nitrogens with one attached hydrogen (secondary N) is 1. The van der Waals surface area contributed by atoms with Gasteiger partial charge in [-0.1, -0.05) is 13.0 Å². The van der Waals surface area contributed by atoms with Crippen molar-refractivity contribution in [1.29, 1.82) is 0 Å². The van der Waals surface area contributed by atoms with Crippen LogP contribution in [0.5, 0.6) is 0 Å². The van der Waals surface area contributed by atoms with Crippen molar-refractivity contribution >= 4 is 17.7 Å². The number of nitrogens with zero attached hydrogens (tertiary/aromatic N) is 5. The normalized spacial score (nSPS) is 16.4. The number of morpholine rings is 1. The summed E-state index contributed by atoms with van der Waals surface area (Å²) in [6, 6.07) is 5.91. The van der Waals surface area contributed by atoms with Gasteiger partial charge in [0.2, 0.25) is 5.95 Å². The average Bonchev–Trinajstić information content (AvgIpc) is 3.06. The van der Waals surface area contributed by atoms with Gasteiger partial charge in [0.05, 0.1) is 19.8 Å². The van der Waals surface area contributed by atoms with E-state index in [2.05, 4.69) is 27.1 Å². The maximum atomic E-state index is 12.8. The summed E-state index contributed by atoms with van der Waals surface area (Å²) in [7, 11) is 0. The minimum absolute atomic E-state index is 0.00142. The fourth-order valence-electron chi connectivity index (χ4n) is 3.57. The highest BCUT2D eigenvalue weighted by Crippen LogP contribution is 2.29. The fourth-order valence-corrected chi connectivity index (χ4v) is 3.57. The van der Waals surface area contributed by atoms with Gasteiger partial charge in [0.1, 0.15) is 11.5 Å². The molecule has 0 atom stereocenters. The molecule has 0 aromatic carbocycles. The van der Waals surface area contributed by atoms with Gasteiger partial charge in [-0.15, -0.1) is 0 Å². The van der Waals surface area contributed by atoms with E-state index >= 15 is 0 Å². The van der Waals surface area contributed by atoms with Crippen LogP contribution in [0.2, 0.25) is 0 Å². The molecular weight excluding hydrogens is 356 g/mol. The van der Waals surface area contributed by atoms with E-state index in [0.717, 1.165) is 49.6 Å². The standard InChI is InChI=1S/C20H26N6O2/c1-2-9-26-14-16-17(19(26)27)23-20(25-10-12-28-13-11-25)24-18(16)22-8-6-15-5-3-4-7-21-15/h3-5,7H,2,6,8-14H2,1H3,(H,22,23,24). The summed E-state index contributed by atoms with van der Waals surface area (Å²) in [5.74, 6) is 1.37. The molecule has 4 rings (SSSR count). The number of fused-ring (bicyclic) bond motifs is 1. The van der Waals surface area contributed by atoms with E-state index < -0.39 is 0 Å². The van der Waals surface area contributed by atoms with Gasteiger partial charge in [-0.25, -0.2) is 4.98 Å². The van der Waals surface area contributed by atoms with Gasteiger partial charge in [-0.3, -0.25) is 9.78 Å². The van der Waals surface area contributed by atoms with Crippen LogP contribution in [0.25, 0.3) is 0 Å². The second-order valence-corrected chi connectivity index (χ2v) is 7.02. The average molecular weight is 382 g/mol. The number of amides is 1. The minimum atomic E-state index is 0.00142. The monoisotopic (exact) mass is 382 g/mol. The molecular formula is C20H26N6O2. The summed E-state index contributed by atoms with van der Waals surface area (Å²) in [5, 5.41) is 3.43. The lowest BCUT2D eigenvalue weighted by molar-refractivity contribution is 0.0774. The predicted octanol–water partition coefficient (Wildman–Crippen LogP) is 1.73. The predicted molar refractivity (Wildman–Crippen MR) is 107 cm³/mol. The molecule has 0 bridgehead atoms. The van der Waals surface area contributed by atoms with E-state index in [-0.39, 0.29) is 5.91 Å². The SMILES string of the molecule is CCCN1Cc2c(NCCc3ccccn3)nc(N3CCOCC3)nc2C1=O. The van der Waals surface area contributed by atoms with Crippen LogP contribution in [0.4, 0.5) is 11.8 Å². The first-order valence-electron chi connectivity index (χ1n) is 9.93. The number of anilines is 2. The van der Waals surface area contributed by atoms with E-state index in [9.17, 15) is 4.79 Å². The summed E-state index contributed by atoms with van der Waals surface area (Å²) < 4.78 is 5.43. The summed E-state index contributed by atoms with van der Waals surface area (Å²) in [6.45, 7) is 6.85. The number of carbonyl (C=O) groups excluding carboxylic acids is 1. The zero-order chi connectivity index (χ0) is 19.3. The van der Waals surface area contributed by atoms with Gasteiger partial charge in [0, 0.05) is 50.1 Å². The van der Waals surface area contributed by atoms with Crippen LogP contribution < -0.4 is 10.2 Å². The van der Waals surface area contributed by atoms with Crippen LogP contribution >= 0.6 is 0 Å². The molecule has 0 aliphatic carbocycles. The molecule has 1 amide bonds. The Morgan fingerprint density at radius 2 is 2.07 bits per heavy atom. The second kappa shape index (κ2) is 8.52. The molecule has 8 heteroatoms. The third-order valence-corrected chi connectivity index (χ3v) is 5.02. The smallest absolute Gasteiger partial charge is 0.273 e. The van der Waals surface area contributed by atoms with Crippen LogP contribution in [0.3, 0.4) is 0 Å². The first-order valence-corrected chi connectivity index (χ1v) is 9.93. The summed E-state index contributed by atoms with van der Waals surface area (Å²) in [5.41, 5.74) is 2.46. The van der Waals surface area contributed by atoms with Gasteiger partial charge in [0.25, 0.3) is 5.91 Å². The molecule has 1 fully saturated rings. The number of hydrogen-bond acceptors (Lipinski definition) is 7. The Bertz CT molecular complexity index is 823. The Kier molecular flexibility index (Phi) is 5.66. The molecule has 1 N–H and O–H groups in total. The van der Waals surface area contributed by atoms with Crippen molar-refractivity contribution < 1.29 is 9.53 Å². The lowest BCUT2D eigenvalue weighted by atomic mass is 10.2. The number of pyridine rings is 1. The van der Waals surface area contributed by atoms with Crippen LogP contribution in [-0.4, -0.2) is 65.2 Å². The topological polar surface area (TPSA) is 83.5 Å². The Morgan fingerprint density at radius 1 is 1.21 bits per heavy atom. The highest BCUT2D eigenvalue weighted by molar-refractivity contribution is 5.98. The third-order valence-electron chi connectivity index (χ3n) is 5.02. The van der Waals surface area contributed by atoms with Gasteiger partial charge >= 0.3 is 0 Å². The van der Waals surface area contributed by atoms with Gasteiger partial charge < -0.3 is 19.9 Å². The summed E-state index contributed by atoms with van der Waals surface area (Å²) in [6.07, 6.45) is 3.51. The van der Waals surface area contributed by atoms with Crippen molar-refractivity contribution in [3.63, 3.8) is 0 Å². The zero-order valence-corrected chi connectivity index (χ0v) is 16.2.